The summed E-state index contributed by atoms with van der Waals surface area (Å²) in [7, 11) is 0. The second-order valence-electron chi connectivity index (χ2n) is 4.57. The summed E-state index contributed by atoms with van der Waals surface area (Å²) in [5, 5.41) is 0. The maximum Gasteiger partial charge on any atom is 0.129 e. The molecule has 0 spiro atoms. The largest absolute Gasteiger partial charge is 0.457 e. The molecule has 90 valence electrons. The van der Waals surface area contributed by atoms with Gasteiger partial charge in [0.1, 0.15) is 11.5 Å². The average Bonchev–Trinajstić information content (AvgIpc) is 2.41. The van der Waals surface area contributed by atoms with Crippen LogP contribution in [0.5, 0.6) is 11.5 Å². The zero-order valence-electron chi connectivity index (χ0n) is 10.4. The minimum atomic E-state index is 0.683. The molecule has 0 N–H and O–H groups in total. The summed E-state index contributed by atoms with van der Waals surface area (Å²) in [6.45, 7) is 0. The summed E-state index contributed by atoms with van der Waals surface area (Å²) < 4.78 is 5.84. The molecule has 1 aliphatic carbocycles. The third kappa shape index (κ3) is 2.19. The molecule has 2 aromatic rings. The highest BCUT2D eigenvalue weighted by molar-refractivity contribution is 5.49. The predicted octanol–water partition coefficient (Wildman–Crippen LogP) is 3.54. The lowest BCUT2D eigenvalue weighted by atomic mass is 9.89. The van der Waals surface area contributed by atoms with E-state index in [2.05, 4.69) is 24.0 Å². The first-order chi connectivity index (χ1) is 9.28. The van der Waals surface area contributed by atoms with Crippen molar-refractivity contribution in [3.63, 3.8) is 0 Å². The lowest BCUT2D eigenvalue weighted by molar-refractivity contribution is 0.480. The summed E-state index contributed by atoms with van der Waals surface area (Å²) in [6.07, 6.45) is 13.1. The van der Waals surface area contributed by atoms with Crippen LogP contribution in [0.15, 0.2) is 36.4 Å². The van der Waals surface area contributed by atoms with Crippen LogP contribution in [0.25, 0.3) is 0 Å². The van der Waals surface area contributed by atoms with Gasteiger partial charge >= 0.3 is 0 Å². The van der Waals surface area contributed by atoms with Crippen LogP contribution in [0.4, 0.5) is 0 Å². The first kappa shape index (κ1) is 11.5. The summed E-state index contributed by atoms with van der Waals surface area (Å²) in [6, 6.07) is 11.6. The van der Waals surface area contributed by atoms with Gasteiger partial charge in [-0.25, -0.2) is 0 Å². The second-order valence-corrected chi connectivity index (χ2v) is 4.57. The Morgan fingerprint density at radius 3 is 2.00 bits per heavy atom. The van der Waals surface area contributed by atoms with Crippen LogP contribution in [0.1, 0.15) is 22.3 Å². The van der Waals surface area contributed by atoms with Gasteiger partial charge in [0, 0.05) is 11.1 Å². The van der Waals surface area contributed by atoms with Crippen LogP contribution < -0.4 is 4.74 Å². The lowest BCUT2D eigenvalue weighted by Gasteiger charge is -2.19. The van der Waals surface area contributed by atoms with Gasteiger partial charge in [-0.15, -0.1) is 12.8 Å². The van der Waals surface area contributed by atoms with Crippen LogP contribution in [0, 0.1) is 24.7 Å². The van der Waals surface area contributed by atoms with Crippen molar-refractivity contribution in [2.45, 2.75) is 12.8 Å². The summed E-state index contributed by atoms with van der Waals surface area (Å²) >= 11 is 0. The van der Waals surface area contributed by atoms with Crippen molar-refractivity contribution < 1.29 is 4.74 Å². The topological polar surface area (TPSA) is 9.23 Å². The Bertz CT molecular complexity index is 694. The predicted molar refractivity (Wildman–Crippen MR) is 76.2 cm³/mol. The van der Waals surface area contributed by atoms with Crippen molar-refractivity contribution >= 4 is 0 Å². The maximum atomic E-state index is 5.84. The first-order valence-electron chi connectivity index (χ1n) is 6.16. The Morgan fingerprint density at radius 1 is 0.789 bits per heavy atom. The van der Waals surface area contributed by atoms with Gasteiger partial charge in [-0.3, -0.25) is 0 Å². The molecule has 0 unspecified atom stereocenters. The first-order valence-corrected chi connectivity index (χ1v) is 6.16. The molecule has 0 heterocycles. The Morgan fingerprint density at radius 2 is 1.47 bits per heavy atom. The highest BCUT2D eigenvalue weighted by Gasteiger charge is 2.13. The van der Waals surface area contributed by atoms with Crippen molar-refractivity contribution in [1.82, 2.24) is 0 Å². The number of terminal acetylenes is 2. The molecule has 19 heavy (non-hydrogen) atoms. The van der Waals surface area contributed by atoms with Gasteiger partial charge < -0.3 is 4.74 Å². The highest BCUT2D eigenvalue weighted by Crippen LogP contribution is 2.30. The number of ether oxygens (including phenoxy) is 1. The molecule has 1 heteroatoms. The Hall–Kier alpha value is -2.64. The van der Waals surface area contributed by atoms with Crippen molar-refractivity contribution in [1.29, 1.82) is 0 Å². The third-order valence-electron chi connectivity index (χ3n) is 3.32. The number of fused-ring (bicyclic) bond motifs is 1. The van der Waals surface area contributed by atoms with Crippen molar-refractivity contribution in [2.24, 2.45) is 0 Å². The minimum Gasteiger partial charge on any atom is -0.457 e. The van der Waals surface area contributed by atoms with E-state index in [1.807, 2.05) is 18.2 Å². The van der Waals surface area contributed by atoms with E-state index < -0.39 is 0 Å². The molecule has 0 aromatic heterocycles. The monoisotopic (exact) mass is 244 g/mol. The lowest BCUT2D eigenvalue weighted by Crippen LogP contribution is -2.07. The molecule has 2 aromatic carbocycles. The van der Waals surface area contributed by atoms with Crippen LogP contribution >= 0.6 is 0 Å². The van der Waals surface area contributed by atoms with E-state index in [1.165, 1.54) is 17.5 Å². The van der Waals surface area contributed by atoms with Crippen molar-refractivity contribution in [3.05, 3.63) is 58.7 Å². The number of benzene rings is 2. The Labute approximate surface area is 113 Å². The molecule has 1 nitrogen and oxygen atoms in total. The zero-order valence-corrected chi connectivity index (χ0v) is 10.4. The standard InChI is InChI=1S/C18H12O/c1-3-13-9-14(4-2)11-18(10-13)19-17-8-7-15-5-6-16(15)12-17/h1-2,7-12H,5-6H2. The molecule has 0 fully saturated rings. The summed E-state index contributed by atoms with van der Waals surface area (Å²) in [5.41, 5.74) is 4.24. The van der Waals surface area contributed by atoms with E-state index in [1.54, 1.807) is 6.07 Å². The fraction of sp³-hybridized carbons (Fsp3) is 0.111. The molecule has 0 saturated carbocycles. The number of aryl methyl sites for hydroxylation is 2. The van der Waals surface area contributed by atoms with E-state index in [-0.39, 0.29) is 0 Å². The summed E-state index contributed by atoms with van der Waals surface area (Å²) in [5.74, 6) is 6.68. The molecule has 0 radical (unpaired) electrons. The van der Waals surface area contributed by atoms with E-state index in [0.717, 1.165) is 23.3 Å². The number of hydrogen-bond donors (Lipinski definition) is 0. The van der Waals surface area contributed by atoms with Gasteiger partial charge in [-0.2, -0.15) is 0 Å². The normalized spacial score (nSPS) is 11.7. The van der Waals surface area contributed by atoms with Gasteiger partial charge in [-0.05, 0) is 54.3 Å². The molecule has 0 atom stereocenters. The Kier molecular flexibility index (Phi) is 2.75. The summed E-state index contributed by atoms with van der Waals surface area (Å²) in [4.78, 5) is 0. The minimum absolute atomic E-state index is 0.683. The molecular formula is C18H12O. The average molecular weight is 244 g/mol. The highest BCUT2D eigenvalue weighted by atomic mass is 16.5. The molecular weight excluding hydrogens is 232 g/mol. The van der Waals surface area contributed by atoms with Crippen LogP contribution in [-0.4, -0.2) is 0 Å². The Balaban J connectivity index is 1.92. The van der Waals surface area contributed by atoms with Crippen molar-refractivity contribution in [3.8, 4) is 36.2 Å². The van der Waals surface area contributed by atoms with E-state index in [4.69, 9.17) is 17.6 Å². The van der Waals surface area contributed by atoms with Crippen LogP contribution in [0.2, 0.25) is 0 Å². The quantitative estimate of drug-likeness (QED) is 0.734. The maximum absolute atomic E-state index is 5.84. The second kappa shape index (κ2) is 4.56. The van der Waals surface area contributed by atoms with E-state index in [9.17, 15) is 0 Å². The van der Waals surface area contributed by atoms with Crippen LogP contribution in [-0.2, 0) is 12.8 Å². The smallest absolute Gasteiger partial charge is 0.129 e. The van der Waals surface area contributed by atoms with Crippen LogP contribution in [0.3, 0.4) is 0 Å². The zero-order chi connectivity index (χ0) is 13.2. The molecule has 1 aliphatic rings. The number of hydrogen-bond acceptors (Lipinski definition) is 1. The van der Waals surface area contributed by atoms with E-state index >= 15 is 0 Å². The molecule has 0 saturated heterocycles. The van der Waals surface area contributed by atoms with Gasteiger partial charge in [0.2, 0.25) is 0 Å². The molecule has 0 aliphatic heterocycles. The molecule has 0 amide bonds. The van der Waals surface area contributed by atoms with Crippen molar-refractivity contribution in [2.75, 3.05) is 0 Å². The number of rotatable bonds is 2. The van der Waals surface area contributed by atoms with Gasteiger partial charge in [0.25, 0.3) is 0 Å². The fourth-order valence-electron chi connectivity index (χ4n) is 2.20. The van der Waals surface area contributed by atoms with E-state index in [0.29, 0.717) is 5.75 Å². The van der Waals surface area contributed by atoms with Gasteiger partial charge in [0.05, 0.1) is 0 Å². The van der Waals surface area contributed by atoms with Gasteiger partial charge in [0.15, 0.2) is 0 Å². The fourth-order valence-corrected chi connectivity index (χ4v) is 2.20. The third-order valence-corrected chi connectivity index (χ3v) is 3.32. The van der Waals surface area contributed by atoms with Gasteiger partial charge in [-0.1, -0.05) is 17.9 Å². The SMILES string of the molecule is C#Cc1cc(C#C)cc(Oc2ccc3c(c2)CC3)c1. The molecule has 3 rings (SSSR count). The molecule has 0 bridgehead atoms.